The van der Waals surface area contributed by atoms with Crippen LogP contribution < -0.4 is 22.5 Å². The number of aromatic amines is 2. The molecule has 2 aromatic heterocycles. The van der Waals surface area contributed by atoms with E-state index in [1.807, 2.05) is 12.2 Å². The number of morpholine rings is 1. The minimum atomic E-state index is -4.05. The summed E-state index contributed by atoms with van der Waals surface area (Å²) in [5, 5.41) is 20.9. The van der Waals surface area contributed by atoms with Gasteiger partial charge >= 0.3 is 18.2 Å². The second kappa shape index (κ2) is 18.9. The number of H-pyrrole nitrogens is 2. The molecule has 1 unspecified atom stereocenters. The Bertz CT molecular complexity index is 1780. The summed E-state index contributed by atoms with van der Waals surface area (Å²) < 4.78 is 45.7. The van der Waals surface area contributed by atoms with E-state index in [1.165, 1.54) is 35.4 Å². The van der Waals surface area contributed by atoms with Crippen molar-refractivity contribution in [3.63, 3.8) is 0 Å². The van der Waals surface area contributed by atoms with Crippen molar-refractivity contribution in [2.45, 2.75) is 63.6 Å². The van der Waals surface area contributed by atoms with Gasteiger partial charge in [-0.05, 0) is 25.2 Å². The maximum absolute atomic E-state index is 14.3. The lowest BCUT2D eigenvalue weighted by Gasteiger charge is -2.26. The van der Waals surface area contributed by atoms with Crippen molar-refractivity contribution in [1.82, 2.24) is 24.0 Å². The lowest BCUT2D eigenvalue weighted by molar-refractivity contribution is -0.0510. The van der Waals surface area contributed by atoms with E-state index in [-0.39, 0.29) is 36.3 Å². The van der Waals surface area contributed by atoms with Gasteiger partial charge in [-0.1, -0.05) is 33.7 Å². The fourth-order valence-electron chi connectivity index (χ4n) is 5.62. The summed E-state index contributed by atoms with van der Waals surface area (Å²) in [6, 6.07) is 0. The van der Waals surface area contributed by atoms with E-state index in [4.69, 9.17) is 23.3 Å². The van der Waals surface area contributed by atoms with Crippen LogP contribution in [0.5, 0.6) is 0 Å². The van der Waals surface area contributed by atoms with Gasteiger partial charge < -0.3 is 24.4 Å². The van der Waals surface area contributed by atoms with Crippen molar-refractivity contribution in [3.8, 4) is 0 Å². The van der Waals surface area contributed by atoms with Crippen LogP contribution in [0.3, 0.4) is 0 Å². The van der Waals surface area contributed by atoms with Crippen molar-refractivity contribution in [2.75, 3.05) is 63.3 Å². The maximum Gasteiger partial charge on any atom is 0.389 e. The first-order chi connectivity index (χ1) is 24.5. The summed E-state index contributed by atoms with van der Waals surface area (Å²) in [4.78, 5) is 55.5. The summed E-state index contributed by atoms with van der Waals surface area (Å²) >= 11 is 0.907. The van der Waals surface area contributed by atoms with Gasteiger partial charge in [0, 0.05) is 73.3 Å². The number of hydrogen-bond donors (Lipinski definition) is 4. The quantitative estimate of drug-likeness (QED) is 0.0765. The number of aliphatic hydroxyl groups excluding tert-OH is 2. The number of nitrogens with zero attached hydrogens (tertiary/aromatic N) is 3. The summed E-state index contributed by atoms with van der Waals surface area (Å²) in [5.41, 5.74) is -1.90. The Kier molecular flexibility index (Phi) is 14.9. The average Bonchev–Trinajstić information content (AvgIpc) is 3.68. The first-order valence-electron chi connectivity index (χ1n) is 16.5. The van der Waals surface area contributed by atoms with Crippen LogP contribution >= 0.6 is 39.8 Å². The highest BCUT2D eigenvalue weighted by Gasteiger charge is 2.44. The second-order valence-electron chi connectivity index (χ2n) is 12.2. The fraction of sp³-hybridized carbons (Fsp3) is 0.667. The zero-order chi connectivity index (χ0) is 36.5. The van der Waals surface area contributed by atoms with Crippen LogP contribution in [0.25, 0.3) is 0 Å². The van der Waals surface area contributed by atoms with Gasteiger partial charge in [-0.15, -0.1) is 0 Å². The molecule has 51 heavy (non-hydrogen) atoms. The van der Waals surface area contributed by atoms with E-state index in [9.17, 15) is 34.0 Å². The first-order valence-corrected chi connectivity index (χ1v) is 22.1. The average molecular weight is 794 g/mol. The molecule has 0 bridgehead atoms. The largest absolute Gasteiger partial charge is 0.394 e. The Morgan fingerprint density at radius 1 is 0.922 bits per heavy atom. The number of aryl methyl sites for hydroxylation is 2. The van der Waals surface area contributed by atoms with Gasteiger partial charge in [-0.25, -0.2) is 14.2 Å². The summed E-state index contributed by atoms with van der Waals surface area (Å²) in [6.07, 6.45) is 0.678. The molecule has 284 valence electrons. The Hall–Kier alpha value is -1.94. The fourth-order valence-corrected chi connectivity index (χ4v) is 10.7. The van der Waals surface area contributed by atoms with Gasteiger partial charge in [-0.3, -0.25) is 42.6 Å². The normalized spacial score (nSPS) is 27.0. The standard InChI is InChI=1S/C30H44N5O12PS3/c1-19-15-34(29(40)31-27(19)38)25-13-21(37)24(46-25)18-44-48(42,49-10-3-4-11-50-51-12-7-33-5-8-43-9-6-33)47-22-14-26(45-23(22)17-36)35-16-20(2)28(39)32-30(35)41/h3-4,15-16,21-26,36-37H,5-14,17-18H2,1-2H3,(H,31,38,40)(H,32,39,41)/b4-3-/t21-,22-,23+,24+,25+,26+,48?/m0/s1. The Morgan fingerprint density at radius 3 is 2.18 bits per heavy atom. The lowest BCUT2D eigenvalue weighted by Crippen LogP contribution is -2.37. The predicted octanol–water partition coefficient (Wildman–Crippen LogP) is 1.14. The van der Waals surface area contributed by atoms with Gasteiger partial charge in [0.25, 0.3) is 11.1 Å². The number of nitrogens with one attached hydrogen (secondary N) is 2. The predicted molar refractivity (Wildman–Crippen MR) is 194 cm³/mol. The number of rotatable bonds is 17. The number of hydrogen-bond acceptors (Lipinski definition) is 16. The molecule has 4 N–H and O–H groups in total. The van der Waals surface area contributed by atoms with Crippen molar-refractivity contribution in [2.24, 2.45) is 0 Å². The minimum absolute atomic E-state index is 0.0117. The smallest absolute Gasteiger partial charge is 0.389 e. The van der Waals surface area contributed by atoms with E-state index >= 15 is 0 Å². The zero-order valence-corrected chi connectivity index (χ0v) is 31.6. The summed E-state index contributed by atoms with van der Waals surface area (Å²) in [5.74, 6) is 1.96. The van der Waals surface area contributed by atoms with Crippen molar-refractivity contribution < 1.29 is 38.0 Å². The minimum Gasteiger partial charge on any atom is -0.394 e. The zero-order valence-electron chi connectivity index (χ0n) is 28.2. The van der Waals surface area contributed by atoms with Crippen molar-refractivity contribution in [3.05, 3.63) is 77.3 Å². The highest BCUT2D eigenvalue weighted by Crippen LogP contribution is 2.63. The summed E-state index contributed by atoms with van der Waals surface area (Å²) in [7, 11) is 3.48. The lowest BCUT2D eigenvalue weighted by atomic mass is 10.2. The van der Waals surface area contributed by atoms with Gasteiger partial charge in [0.05, 0.1) is 32.5 Å². The van der Waals surface area contributed by atoms with E-state index in [1.54, 1.807) is 21.6 Å². The topological polar surface area (TPSA) is 217 Å². The molecule has 0 radical (unpaired) electrons. The van der Waals surface area contributed by atoms with E-state index in [2.05, 4.69) is 14.9 Å². The van der Waals surface area contributed by atoms with Crippen molar-refractivity contribution in [1.29, 1.82) is 0 Å². The van der Waals surface area contributed by atoms with E-state index < -0.39 is 72.8 Å². The molecule has 5 heterocycles. The molecule has 3 saturated heterocycles. The van der Waals surface area contributed by atoms with Gasteiger partial charge in [0.15, 0.2) is 0 Å². The molecular weight excluding hydrogens is 750 g/mol. The molecule has 0 spiro atoms. The third kappa shape index (κ3) is 11.0. The van der Waals surface area contributed by atoms with E-state index in [0.717, 1.165) is 55.7 Å². The molecule has 5 rings (SSSR count). The van der Waals surface area contributed by atoms with Gasteiger partial charge in [0.2, 0.25) is 0 Å². The molecule has 0 aromatic carbocycles. The molecule has 17 nitrogen and oxygen atoms in total. The Morgan fingerprint density at radius 2 is 1.53 bits per heavy atom. The van der Waals surface area contributed by atoms with Crippen LogP contribution in [0.2, 0.25) is 0 Å². The van der Waals surface area contributed by atoms with Crippen LogP contribution in [-0.4, -0.2) is 122 Å². The highest BCUT2D eigenvalue weighted by molar-refractivity contribution is 8.76. The van der Waals surface area contributed by atoms with Crippen LogP contribution in [0.15, 0.2) is 43.7 Å². The Labute approximate surface area is 305 Å². The van der Waals surface area contributed by atoms with Crippen molar-refractivity contribution >= 4 is 39.8 Å². The molecule has 3 fully saturated rings. The first kappa shape index (κ1) is 40.2. The van der Waals surface area contributed by atoms with Crippen LogP contribution in [0, 0.1) is 13.8 Å². The third-order valence-corrected chi connectivity index (χ3v) is 14.4. The van der Waals surface area contributed by atoms with Gasteiger partial charge in [0.1, 0.15) is 30.8 Å². The number of aromatic nitrogens is 4. The molecule has 7 atom stereocenters. The van der Waals surface area contributed by atoms with Crippen LogP contribution in [-0.2, 0) is 27.8 Å². The monoisotopic (exact) mass is 793 g/mol. The molecule has 3 aliphatic rings. The third-order valence-electron chi connectivity index (χ3n) is 8.48. The molecule has 0 amide bonds. The van der Waals surface area contributed by atoms with E-state index in [0.29, 0.717) is 0 Å². The SMILES string of the molecule is Cc1cn([C@H]2C[C@H](OP(=O)(OC[C@H]3O[C@@H](n4cc(C)c(=O)[nH]c4=O)C[C@@H]3O)SC/C=C\CSSCCN3CCOCC3)[C@@H](CO)O2)c(=O)[nH]c1=O. The van der Waals surface area contributed by atoms with Crippen LogP contribution in [0.1, 0.15) is 36.4 Å². The highest BCUT2D eigenvalue weighted by atomic mass is 33.1. The molecule has 2 aromatic rings. The molecular formula is C30H44N5O12PS3. The Balaban J connectivity index is 1.21. The second-order valence-corrected chi connectivity index (χ2v) is 18.8. The molecule has 0 saturated carbocycles. The molecule has 3 aliphatic heterocycles. The number of ether oxygens (including phenoxy) is 3. The molecule has 21 heteroatoms. The van der Waals surface area contributed by atoms with Crippen LogP contribution in [0.4, 0.5) is 0 Å². The molecule has 0 aliphatic carbocycles. The maximum atomic E-state index is 14.3. The number of aliphatic hydroxyl groups is 2. The summed E-state index contributed by atoms with van der Waals surface area (Å²) in [6.45, 7) is 2.59. The van der Waals surface area contributed by atoms with Gasteiger partial charge in [-0.2, -0.15) is 0 Å².